The smallest absolute Gasteiger partial charge is 0.159 e. The molecule has 144 valence electrons. The van der Waals surface area contributed by atoms with Gasteiger partial charge in [-0.25, -0.2) is 9.78 Å². The van der Waals surface area contributed by atoms with Crippen LogP contribution in [-0.2, 0) is 19.3 Å². The second kappa shape index (κ2) is 5.87. The van der Waals surface area contributed by atoms with E-state index in [-0.39, 0.29) is 29.0 Å². The molecule has 5 rings (SSSR count). The minimum atomic E-state index is -0.396. The summed E-state index contributed by atoms with van der Waals surface area (Å²) in [5.74, 6) is 1.05. The van der Waals surface area contributed by atoms with Crippen molar-refractivity contribution in [2.24, 2.45) is 28.6 Å². The zero-order chi connectivity index (χ0) is 18.1. The van der Waals surface area contributed by atoms with Gasteiger partial charge in [0.2, 0.25) is 0 Å². The Morgan fingerprint density at radius 2 is 2.12 bits per heavy atom. The van der Waals surface area contributed by atoms with Crippen LogP contribution < -0.4 is 0 Å². The molecule has 0 aromatic carbocycles. The number of ether oxygens (including phenoxy) is 1. The summed E-state index contributed by atoms with van der Waals surface area (Å²) in [5.41, 5.74) is 1.14. The number of epoxide rings is 1. The fourth-order valence-corrected chi connectivity index (χ4v) is 7.07. The molecule has 5 nitrogen and oxygen atoms in total. The maximum Gasteiger partial charge on any atom is 0.159 e. The van der Waals surface area contributed by atoms with E-state index < -0.39 is 6.10 Å². The Balaban J connectivity index is 1.48. The maximum atomic E-state index is 13.2. The van der Waals surface area contributed by atoms with Crippen molar-refractivity contribution in [2.45, 2.75) is 70.7 Å². The van der Waals surface area contributed by atoms with E-state index in [1.807, 2.05) is 13.0 Å². The Morgan fingerprint density at radius 1 is 1.27 bits per heavy atom. The summed E-state index contributed by atoms with van der Waals surface area (Å²) in [4.78, 5) is 23.9. The van der Waals surface area contributed by atoms with Gasteiger partial charge in [0.25, 0.3) is 0 Å². The molecule has 1 saturated heterocycles. The van der Waals surface area contributed by atoms with Gasteiger partial charge in [-0.15, -0.1) is 0 Å². The minimum absolute atomic E-state index is 0.0230. The normalized spacial score (nSPS) is 51.8. The lowest BCUT2D eigenvalue weighted by Crippen LogP contribution is -2.55. The third-order valence-electron chi connectivity index (χ3n) is 8.29. The van der Waals surface area contributed by atoms with Crippen molar-refractivity contribution in [3.63, 3.8) is 0 Å². The number of rotatable bonds is 4. The molecule has 0 unspecified atom stereocenters. The summed E-state index contributed by atoms with van der Waals surface area (Å²) in [5, 5.41) is 10.5. The van der Waals surface area contributed by atoms with Gasteiger partial charge in [-0.1, -0.05) is 13.3 Å². The van der Waals surface area contributed by atoms with Crippen molar-refractivity contribution in [3.8, 4) is 0 Å². The molecule has 5 heteroatoms. The van der Waals surface area contributed by atoms with Gasteiger partial charge in [0, 0.05) is 11.3 Å². The molecule has 0 amide bonds. The Morgan fingerprint density at radius 3 is 2.92 bits per heavy atom. The second-order valence-electron chi connectivity index (χ2n) is 9.41. The van der Waals surface area contributed by atoms with Crippen molar-refractivity contribution in [1.82, 2.24) is 0 Å². The van der Waals surface area contributed by atoms with Crippen molar-refractivity contribution in [3.05, 3.63) is 11.6 Å². The largest absolute Gasteiger partial charge is 0.390 e. The molecule has 8 atom stereocenters. The molecule has 4 fully saturated rings. The summed E-state index contributed by atoms with van der Waals surface area (Å²) in [6.07, 6.45) is 7.65. The molecule has 0 spiro atoms. The Kier molecular flexibility index (Phi) is 3.92. The second-order valence-corrected chi connectivity index (χ2v) is 9.41. The van der Waals surface area contributed by atoms with E-state index in [0.29, 0.717) is 30.8 Å². The lowest BCUT2D eigenvalue weighted by Gasteiger charge is -2.56. The predicted molar refractivity (Wildman–Crippen MR) is 94.0 cm³/mol. The minimum Gasteiger partial charge on any atom is -0.390 e. The van der Waals surface area contributed by atoms with E-state index in [1.54, 1.807) is 0 Å². The van der Waals surface area contributed by atoms with Crippen LogP contribution in [0.3, 0.4) is 0 Å². The van der Waals surface area contributed by atoms with Crippen molar-refractivity contribution in [1.29, 1.82) is 0 Å². The van der Waals surface area contributed by atoms with E-state index in [0.717, 1.165) is 37.7 Å². The maximum absolute atomic E-state index is 13.2. The number of hydrogen-bond donors (Lipinski definition) is 1. The molecule has 0 radical (unpaired) electrons. The number of ketones is 1. The highest BCUT2D eigenvalue weighted by atomic mass is 17.2. The van der Waals surface area contributed by atoms with Gasteiger partial charge in [-0.2, -0.15) is 0 Å². The van der Waals surface area contributed by atoms with Gasteiger partial charge in [0.05, 0.1) is 19.3 Å². The molecule has 0 aromatic heterocycles. The first-order valence-electron chi connectivity index (χ1n) is 10.3. The van der Waals surface area contributed by atoms with Crippen LogP contribution in [0.25, 0.3) is 0 Å². The monoisotopic (exact) mass is 362 g/mol. The number of hydrogen-bond acceptors (Lipinski definition) is 5. The van der Waals surface area contributed by atoms with Crippen LogP contribution in [-0.4, -0.2) is 42.4 Å². The fourth-order valence-electron chi connectivity index (χ4n) is 7.07. The molecule has 26 heavy (non-hydrogen) atoms. The zero-order valence-electron chi connectivity index (χ0n) is 15.8. The van der Waals surface area contributed by atoms with Crippen molar-refractivity contribution < 1.29 is 24.4 Å². The molecule has 3 saturated carbocycles. The van der Waals surface area contributed by atoms with Gasteiger partial charge in [0.1, 0.15) is 12.2 Å². The summed E-state index contributed by atoms with van der Waals surface area (Å²) < 4.78 is 5.72. The Bertz CT molecular complexity index is 644. The number of fused-ring (bicyclic) bond motifs is 7. The number of carbonyl (C=O) groups is 1. The standard InChI is InChI=1S/C21H30O5/c1-3-24-25-11-21-7-4-5-13(21)17-12(6-8-21)20(2)10-16(23)19-18(26-19)14(20)9-15(17)22/h9,12-13,16-19,23H,3-8,10-11H2,1-2H3/t12-,13-,16+,17+,18-,19+,20+,21-/m0/s1. The molecule has 0 bridgehead atoms. The van der Waals surface area contributed by atoms with E-state index in [4.69, 9.17) is 14.5 Å². The molecular formula is C21H30O5. The topological polar surface area (TPSA) is 68.3 Å². The molecule has 1 aliphatic heterocycles. The summed E-state index contributed by atoms with van der Waals surface area (Å²) >= 11 is 0. The Hall–Kier alpha value is -0.750. The quantitative estimate of drug-likeness (QED) is 0.360. The van der Waals surface area contributed by atoms with Crippen LogP contribution in [0.15, 0.2) is 11.6 Å². The van der Waals surface area contributed by atoms with E-state index in [1.165, 1.54) is 6.42 Å². The highest BCUT2D eigenvalue weighted by Gasteiger charge is 2.66. The van der Waals surface area contributed by atoms with E-state index in [9.17, 15) is 9.90 Å². The van der Waals surface area contributed by atoms with E-state index in [2.05, 4.69) is 6.92 Å². The van der Waals surface area contributed by atoms with Crippen LogP contribution in [0.5, 0.6) is 0 Å². The molecule has 4 aliphatic carbocycles. The number of carbonyl (C=O) groups excluding carboxylic acids is 1. The van der Waals surface area contributed by atoms with Crippen LogP contribution in [0.2, 0.25) is 0 Å². The molecule has 0 aromatic rings. The summed E-state index contributed by atoms with van der Waals surface area (Å²) in [6, 6.07) is 0. The third-order valence-corrected chi connectivity index (χ3v) is 8.29. The molecule has 1 N–H and O–H groups in total. The molecule has 5 aliphatic rings. The van der Waals surface area contributed by atoms with Crippen molar-refractivity contribution >= 4 is 5.78 Å². The number of allylic oxidation sites excluding steroid dienone is 1. The van der Waals surface area contributed by atoms with Gasteiger partial charge in [-0.3, -0.25) is 4.79 Å². The third kappa shape index (κ3) is 2.27. The van der Waals surface area contributed by atoms with Crippen LogP contribution in [0.1, 0.15) is 52.4 Å². The average Bonchev–Trinajstić information content (AvgIpc) is 3.30. The zero-order valence-corrected chi connectivity index (χ0v) is 15.8. The Labute approximate surface area is 155 Å². The van der Waals surface area contributed by atoms with Crippen LogP contribution in [0.4, 0.5) is 0 Å². The lowest BCUT2D eigenvalue weighted by molar-refractivity contribution is -0.313. The first kappa shape index (κ1) is 17.4. The fraction of sp³-hybridized carbons (Fsp3) is 0.857. The summed E-state index contributed by atoms with van der Waals surface area (Å²) in [6.45, 7) is 5.35. The average molecular weight is 362 g/mol. The lowest BCUT2D eigenvalue weighted by atomic mass is 9.47. The highest BCUT2D eigenvalue weighted by molar-refractivity contribution is 5.95. The van der Waals surface area contributed by atoms with Gasteiger partial charge in [0.15, 0.2) is 5.78 Å². The number of aliphatic hydroxyl groups is 1. The highest BCUT2D eigenvalue weighted by Crippen LogP contribution is 2.66. The van der Waals surface area contributed by atoms with Crippen molar-refractivity contribution in [2.75, 3.05) is 13.2 Å². The van der Waals surface area contributed by atoms with Gasteiger partial charge >= 0.3 is 0 Å². The van der Waals surface area contributed by atoms with Gasteiger partial charge in [-0.05, 0) is 67.9 Å². The van der Waals surface area contributed by atoms with Gasteiger partial charge < -0.3 is 9.84 Å². The molecule has 1 heterocycles. The SMILES string of the molecule is CCOOC[C@@]12CCC[C@H]1[C@@H]1C(=O)C=C3[C@@H]4O[C@@H]4[C@H](O)C[C@]3(C)[C@H]1CC2. The van der Waals surface area contributed by atoms with Crippen LogP contribution >= 0.6 is 0 Å². The predicted octanol–water partition coefficient (Wildman–Crippen LogP) is 2.81. The number of aliphatic hydroxyl groups excluding tert-OH is 1. The van der Waals surface area contributed by atoms with Crippen LogP contribution in [0, 0.1) is 28.6 Å². The van der Waals surface area contributed by atoms with E-state index >= 15 is 0 Å². The first-order valence-corrected chi connectivity index (χ1v) is 10.3. The summed E-state index contributed by atoms with van der Waals surface area (Å²) in [7, 11) is 0. The molecular weight excluding hydrogens is 332 g/mol. The first-order chi connectivity index (χ1) is 12.5.